The number of benzene rings is 1. The van der Waals surface area contributed by atoms with Crippen molar-refractivity contribution in [2.24, 2.45) is 0 Å². The third-order valence-electron chi connectivity index (χ3n) is 2.55. The van der Waals surface area contributed by atoms with Crippen LogP contribution >= 0.6 is 0 Å². The number of halogens is 2. The molecule has 0 aromatic heterocycles. The Bertz CT molecular complexity index is 413. The first-order valence-electron chi connectivity index (χ1n) is 6.18. The Labute approximate surface area is 115 Å². The molecule has 0 radical (unpaired) electrons. The SMILES string of the molecule is Nc1ccc(OCCC(=O)N(CCO)CC(F)F)cc1. The van der Waals surface area contributed by atoms with Crippen LogP contribution in [0.15, 0.2) is 24.3 Å². The van der Waals surface area contributed by atoms with E-state index in [0.29, 0.717) is 11.4 Å². The molecule has 0 heterocycles. The van der Waals surface area contributed by atoms with Crippen molar-refractivity contribution in [3.63, 3.8) is 0 Å². The van der Waals surface area contributed by atoms with Crippen molar-refractivity contribution < 1.29 is 23.4 Å². The highest BCUT2D eigenvalue weighted by Gasteiger charge is 2.17. The summed E-state index contributed by atoms with van der Waals surface area (Å²) in [4.78, 5) is 12.6. The van der Waals surface area contributed by atoms with Crippen LogP contribution in [0.1, 0.15) is 6.42 Å². The van der Waals surface area contributed by atoms with Crippen LogP contribution in [0, 0.1) is 0 Å². The molecule has 0 atom stereocenters. The number of carbonyl (C=O) groups is 1. The molecule has 1 aromatic rings. The summed E-state index contributed by atoms with van der Waals surface area (Å²) >= 11 is 0. The lowest BCUT2D eigenvalue weighted by Gasteiger charge is -2.21. The van der Waals surface area contributed by atoms with Gasteiger partial charge >= 0.3 is 0 Å². The quantitative estimate of drug-likeness (QED) is 0.703. The first kappa shape index (κ1) is 16.2. The first-order chi connectivity index (χ1) is 9.52. The highest BCUT2D eigenvalue weighted by atomic mass is 19.3. The molecule has 1 amide bonds. The number of hydrogen-bond donors (Lipinski definition) is 2. The maximum Gasteiger partial charge on any atom is 0.255 e. The Balaban J connectivity index is 2.38. The van der Waals surface area contributed by atoms with Crippen LogP contribution in [0.5, 0.6) is 5.75 Å². The molecule has 0 aliphatic heterocycles. The molecule has 5 nitrogen and oxygen atoms in total. The summed E-state index contributed by atoms with van der Waals surface area (Å²) in [5.41, 5.74) is 6.11. The Kier molecular flexibility index (Phi) is 6.72. The number of nitrogens with two attached hydrogens (primary N) is 1. The molecule has 1 aromatic carbocycles. The van der Waals surface area contributed by atoms with Gasteiger partial charge in [0, 0.05) is 12.2 Å². The highest BCUT2D eigenvalue weighted by Crippen LogP contribution is 2.13. The molecule has 3 N–H and O–H groups in total. The molecule has 0 unspecified atom stereocenters. The summed E-state index contributed by atoms with van der Waals surface area (Å²) in [6.07, 6.45) is -2.65. The van der Waals surface area contributed by atoms with Crippen molar-refractivity contribution >= 4 is 11.6 Å². The number of rotatable bonds is 8. The molecule has 0 fully saturated rings. The van der Waals surface area contributed by atoms with Crippen LogP contribution < -0.4 is 10.5 Å². The first-order valence-corrected chi connectivity index (χ1v) is 6.18. The number of hydrogen-bond acceptors (Lipinski definition) is 4. The fraction of sp³-hybridized carbons (Fsp3) is 0.462. The van der Waals surface area contributed by atoms with Gasteiger partial charge in [-0.3, -0.25) is 4.79 Å². The average molecular weight is 288 g/mol. The van der Waals surface area contributed by atoms with Gasteiger partial charge in [-0.15, -0.1) is 0 Å². The van der Waals surface area contributed by atoms with E-state index in [1.807, 2.05) is 0 Å². The van der Waals surface area contributed by atoms with E-state index in [9.17, 15) is 13.6 Å². The van der Waals surface area contributed by atoms with Crippen molar-refractivity contribution in [1.82, 2.24) is 4.90 Å². The largest absolute Gasteiger partial charge is 0.493 e. The van der Waals surface area contributed by atoms with Crippen molar-refractivity contribution in [2.75, 3.05) is 32.0 Å². The molecule has 0 saturated carbocycles. The molecule has 20 heavy (non-hydrogen) atoms. The Morgan fingerprint density at radius 2 is 2.00 bits per heavy atom. The summed E-state index contributed by atoms with van der Waals surface area (Å²) < 4.78 is 29.9. The lowest BCUT2D eigenvalue weighted by Crippen LogP contribution is -2.37. The zero-order valence-corrected chi connectivity index (χ0v) is 11.0. The smallest absolute Gasteiger partial charge is 0.255 e. The molecule has 0 aliphatic carbocycles. The van der Waals surface area contributed by atoms with Crippen molar-refractivity contribution in [2.45, 2.75) is 12.8 Å². The summed E-state index contributed by atoms with van der Waals surface area (Å²) in [6, 6.07) is 6.63. The van der Waals surface area contributed by atoms with Crippen molar-refractivity contribution in [1.29, 1.82) is 0 Å². The molecular formula is C13H18F2N2O3. The van der Waals surface area contributed by atoms with E-state index in [4.69, 9.17) is 15.6 Å². The number of carbonyl (C=O) groups excluding carboxylic acids is 1. The van der Waals surface area contributed by atoms with Crippen molar-refractivity contribution in [3.05, 3.63) is 24.3 Å². The standard InChI is InChI=1S/C13H18F2N2O3/c14-12(15)9-17(6-7-18)13(19)5-8-20-11-3-1-10(16)2-4-11/h1-4,12,18H,5-9,16H2. The fourth-order valence-electron chi connectivity index (χ4n) is 1.58. The molecule has 0 saturated heterocycles. The zero-order chi connectivity index (χ0) is 15.0. The Morgan fingerprint density at radius 1 is 1.35 bits per heavy atom. The minimum atomic E-state index is -2.62. The Morgan fingerprint density at radius 3 is 2.55 bits per heavy atom. The van der Waals surface area contributed by atoms with E-state index in [1.165, 1.54) is 0 Å². The number of alkyl halides is 2. The van der Waals surface area contributed by atoms with Gasteiger partial charge in [-0.25, -0.2) is 8.78 Å². The molecule has 112 valence electrons. The number of amides is 1. The van der Waals surface area contributed by atoms with E-state index in [2.05, 4.69) is 0 Å². The molecule has 0 bridgehead atoms. The normalized spacial score (nSPS) is 10.6. The number of anilines is 1. The second kappa shape index (κ2) is 8.31. The lowest BCUT2D eigenvalue weighted by atomic mass is 10.3. The Hall–Kier alpha value is -1.89. The number of nitrogen functional groups attached to an aromatic ring is 1. The van der Waals surface area contributed by atoms with Crippen LogP contribution in [0.25, 0.3) is 0 Å². The van der Waals surface area contributed by atoms with E-state index >= 15 is 0 Å². The fourth-order valence-corrected chi connectivity index (χ4v) is 1.58. The van der Waals surface area contributed by atoms with E-state index < -0.39 is 18.9 Å². The van der Waals surface area contributed by atoms with Gasteiger partial charge in [-0.05, 0) is 24.3 Å². The van der Waals surface area contributed by atoms with Crippen LogP contribution in [-0.4, -0.2) is 48.6 Å². The molecule has 7 heteroatoms. The summed E-state index contributed by atoms with van der Waals surface area (Å²) in [7, 11) is 0. The van der Waals surface area contributed by atoms with Crippen molar-refractivity contribution in [3.8, 4) is 5.75 Å². The van der Waals surface area contributed by atoms with Gasteiger partial charge in [-0.1, -0.05) is 0 Å². The topological polar surface area (TPSA) is 75.8 Å². The lowest BCUT2D eigenvalue weighted by molar-refractivity contribution is -0.134. The highest BCUT2D eigenvalue weighted by molar-refractivity contribution is 5.76. The molecule has 0 spiro atoms. The molecule has 0 aliphatic rings. The van der Waals surface area contributed by atoms with Gasteiger partial charge in [-0.2, -0.15) is 0 Å². The minimum Gasteiger partial charge on any atom is -0.493 e. The van der Waals surface area contributed by atoms with Gasteiger partial charge in [0.15, 0.2) is 0 Å². The second-order valence-electron chi connectivity index (χ2n) is 4.12. The number of nitrogens with zero attached hydrogens (tertiary/aromatic N) is 1. The summed E-state index contributed by atoms with van der Waals surface area (Å²) in [5, 5.41) is 8.75. The summed E-state index contributed by atoms with van der Waals surface area (Å²) in [6.45, 7) is -1.06. The van der Waals surface area contributed by atoms with Crippen LogP contribution in [0.2, 0.25) is 0 Å². The number of ether oxygens (including phenoxy) is 1. The average Bonchev–Trinajstić information content (AvgIpc) is 2.40. The minimum absolute atomic E-state index is 0.0307. The molecule has 1 rings (SSSR count). The summed E-state index contributed by atoms with van der Waals surface area (Å²) in [5.74, 6) is 0.0735. The van der Waals surface area contributed by atoms with Crippen LogP contribution in [-0.2, 0) is 4.79 Å². The zero-order valence-electron chi connectivity index (χ0n) is 11.0. The third-order valence-corrected chi connectivity index (χ3v) is 2.55. The van der Waals surface area contributed by atoms with Crippen LogP contribution in [0.4, 0.5) is 14.5 Å². The molecular weight excluding hydrogens is 270 g/mol. The maximum absolute atomic E-state index is 12.3. The predicted molar refractivity (Wildman–Crippen MR) is 70.6 cm³/mol. The number of aliphatic hydroxyl groups excluding tert-OH is 1. The second-order valence-corrected chi connectivity index (χ2v) is 4.12. The van der Waals surface area contributed by atoms with E-state index in [1.54, 1.807) is 24.3 Å². The van der Waals surface area contributed by atoms with Gasteiger partial charge in [0.2, 0.25) is 5.91 Å². The van der Waals surface area contributed by atoms with E-state index in [-0.39, 0.29) is 26.2 Å². The predicted octanol–water partition coefficient (Wildman–Crippen LogP) is 1.12. The van der Waals surface area contributed by atoms with Gasteiger partial charge < -0.3 is 20.5 Å². The van der Waals surface area contributed by atoms with Gasteiger partial charge in [0.25, 0.3) is 6.43 Å². The van der Waals surface area contributed by atoms with Crippen LogP contribution in [0.3, 0.4) is 0 Å². The number of aliphatic hydroxyl groups is 1. The third kappa shape index (κ3) is 5.83. The monoisotopic (exact) mass is 288 g/mol. The maximum atomic E-state index is 12.3. The van der Waals surface area contributed by atoms with E-state index in [0.717, 1.165) is 4.90 Å². The van der Waals surface area contributed by atoms with Gasteiger partial charge in [0.1, 0.15) is 5.75 Å². The van der Waals surface area contributed by atoms with Gasteiger partial charge in [0.05, 0.1) is 26.2 Å².